The summed E-state index contributed by atoms with van der Waals surface area (Å²) in [5, 5.41) is 3.38. The summed E-state index contributed by atoms with van der Waals surface area (Å²) in [5.74, 6) is 0.772. The molecule has 88 valence electrons. The molecule has 2 rings (SSSR count). The van der Waals surface area contributed by atoms with E-state index in [4.69, 9.17) is 4.74 Å². The molecule has 2 heterocycles. The lowest BCUT2D eigenvalue weighted by Crippen LogP contribution is -2.61. The van der Waals surface area contributed by atoms with Crippen molar-refractivity contribution in [2.24, 2.45) is 5.92 Å². The number of rotatable bonds is 4. The van der Waals surface area contributed by atoms with E-state index in [2.05, 4.69) is 24.1 Å². The van der Waals surface area contributed by atoms with E-state index in [1.807, 2.05) is 0 Å². The summed E-state index contributed by atoms with van der Waals surface area (Å²) in [6, 6.07) is 1.56. The molecule has 1 N–H and O–H groups in total. The third-order valence-electron chi connectivity index (χ3n) is 3.46. The van der Waals surface area contributed by atoms with E-state index in [-0.39, 0.29) is 0 Å². The van der Waals surface area contributed by atoms with Crippen molar-refractivity contribution in [2.75, 3.05) is 32.8 Å². The summed E-state index contributed by atoms with van der Waals surface area (Å²) in [6.07, 6.45) is 2.45. The van der Waals surface area contributed by atoms with Crippen molar-refractivity contribution in [3.05, 3.63) is 0 Å². The fraction of sp³-hybridized carbons (Fsp3) is 1.00. The number of hydrogen-bond donors (Lipinski definition) is 1. The predicted octanol–water partition coefficient (Wildman–Crippen LogP) is 1.10. The van der Waals surface area contributed by atoms with Gasteiger partial charge in [-0.25, -0.2) is 0 Å². The van der Waals surface area contributed by atoms with Crippen LogP contribution in [0.1, 0.15) is 26.7 Å². The third-order valence-corrected chi connectivity index (χ3v) is 3.46. The lowest BCUT2D eigenvalue weighted by atomic mass is 9.99. The summed E-state index contributed by atoms with van der Waals surface area (Å²) in [5.41, 5.74) is 0. The monoisotopic (exact) mass is 212 g/mol. The van der Waals surface area contributed by atoms with Gasteiger partial charge in [-0.2, -0.15) is 0 Å². The Morgan fingerprint density at radius 3 is 2.33 bits per heavy atom. The van der Waals surface area contributed by atoms with Crippen LogP contribution in [-0.4, -0.2) is 49.8 Å². The number of ether oxygens (including phenoxy) is 1. The highest BCUT2D eigenvalue weighted by atomic mass is 16.5. The maximum absolute atomic E-state index is 5.44. The zero-order chi connectivity index (χ0) is 10.7. The Hall–Kier alpha value is -0.120. The molecule has 0 aromatic carbocycles. The first-order valence-electron chi connectivity index (χ1n) is 6.31. The van der Waals surface area contributed by atoms with Gasteiger partial charge in [-0.1, -0.05) is 13.8 Å². The molecular formula is C12H24N2O. The smallest absolute Gasteiger partial charge is 0.0480 e. The second-order valence-corrected chi connectivity index (χ2v) is 5.25. The van der Waals surface area contributed by atoms with Crippen molar-refractivity contribution in [1.82, 2.24) is 10.2 Å². The fourth-order valence-corrected chi connectivity index (χ4v) is 2.54. The second kappa shape index (κ2) is 5.28. The minimum Gasteiger partial charge on any atom is -0.381 e. The van der Waals surface area contributed by atoms with Crippen LogP contribution >= 0.6 is 0 Å². The average Bonchev–Trinajstić information content (AvgIpc) is 2.15. The molecule has 0 bridgehead atoms. The first kappa shape index (κ1) is 11.4. The Labute approximate surface area is 93.2 Å². The molecule has 0 amide bonds. The van der Waals surface area contributed by atoms with Crippen molar-refractivity contribution in [2.45, 2.75) is 38.8 Å². The van der Waals surface area contributed by atoms with Crippen LogP contribution in [0.2, 0.25) is 0 Å². The molecule has 2 aliphatic heterocycles. The topological polar surface area (TPSA) is 24.5 Å². The SMILES string of the molecule is CC(C)CN(C1CCOCC1)C1CNC1. The van der Waals surface area contributed by atoms with Crippen LogP contribution in [-0.2, 0) is 4.74 Å². The molecule has 2 saturated heterocycles. The minimum atomic E-state index is 0.772. The highest BCUT2D eigenvalue weighted by Gasteiger charge is 2.31. The van der Waals surface area contributed by atoms with E-state index >= 15 is 0 Å². The molecule has 0 aromatic rings. The molecule has 0 aromatic heterocycles. The predicted molar refractivity (Wildman–Crippen MR) is 62.0 cm³/mol. The molecule has 0 atom stereocenters. The zero-order valence-electron chi connectivity index (χ0n) is 10.0. The normalized spacial score (nSPS) is 24.8. The van der Waals surface area contributed by atoms with Gasteiger partial charge in [0.1, 0.15) is 0 Å². The molecular weight excluding hydrogens is 188 g/mol. The highest BCUT2D eigenvalue weighted by molar-refractivity contribution is 4.89. The fourth-order valence-electron chi connectivity index (χ4n) is 2.54. The van der Waals surface area contributed by atoms with Gasteiger partial charge < -0.3 is 10.1 Å². The van der Waals surface area contributed by atoms with E-state index in [0.29, 0.717) is 0 Å². The van der Waals surface area contributed by atoms with Gasteiger partial charge in [-0.15, -0.1) is 0 Å². The Morgan fingerprint density at radius 2 is 1.87 bits per heavy atom. The molecule has 0 spiro atoms. The van der Waals surface area contributed by atoms with Gasteiger partial charge in [0, 0.05) is 44.9 Å². The van der Waals surface area contributed by atoms with Crippen LogP contribution < -0.4 is 5.32 Å². The summed E-state index contributed by atoms with van der Waals surface area (Å²) in [4.78, 5) is 2.73. The minimum absolute atomic E-state index is 0.772. The van der Waals surface area contributed by atoms with Crippen molar-refractivity contribution in [3.8, 4) is 0 Å². The largest absolute Gasteiger partial charge is 0.381 e. The second-order valence-electron chi connectivity index (χ2n) is 5.25. The molecule has 0 unspecified atom stereocenters. The number of nitrogens with zero attached hydrogens (tertiary/aromatic N) is 1. The Kier molecular flexibility index (Phi) is 4.00. The Balaban J connectivity index is 1.90. The molecule has 0 aliphatic carbocycles. The Bertz CT molecular complexity index is 186. The lowest BCUT2D eigenvalue weighted by molar-refractivity contribution is 0.000503. The molecule has 2 fully saturated rings. The summed E-state index contributed by atoms with van der Waals surface area (Å²) >= 11 is 0. The first-order chi connectivity index (χ1) is 7.27. The number of nitrogens with one attached hydrogen (secondary N) is 1. The summed E-state index contributed by atoms with van der Waals surface area (Å²) in [7, 11) is 0. The first-order valence-corrected chi connectivity index (χ1v) is 6.31. The summed E-state index contributed by atoms with van der Waals surface area (Å²) in [6.45, 7) is 10.2. The molecule has 3 nitrogen and oxygen atoms in total. The molecule has 0 saturated carbocycles. The molecule has 0 radical (unpaired) electrons. The van der Waals surface area contributed by atoms with Gasteiger partial charge in [-0.05, 0) is 18.8 Å². The standard InChI is InChI=1S/C12H24N2O/c1-10(2)9-14(12-7-13-8-12)11-3-5-15-6-4-11/h10-13H,3-9H2,1-2H3. The summed E-state index contributed by atoms with van der Waals surface area (Å²) < 4.78 is 5.44. The van der Waals surface area contributed by atoms with E-state index in [9.17, 15) is 0 Å². The van der Waals surface area contributed by atoms with E-state index in [1.165, 1.54) is 32.5 Å². The van der Waals surface area contributed by atoms with Crippen LogP contribution in [0.25, 0.3) is 0 Å². The van der Waals surface area contributed by atoms with Crippen LogP contribution in [0.4, 0.5) is 0 Å². The number of hydrogen-bond acceptors (Lipinski definition) is 3. The highest BCUT2D eigenvalue weighted by Crippen LogP contribution is 2.20. The van der Waals surface area contributed by atoms with E-state index < -0.39 is 0 Å². The van der Waals surface area contributed by atoms with E-state index in [0.717, 1.165) is 31.2 Å². The lowest BCUT2D eigenvalue weighted by Gasteiger charge is -2.45. The average molecular weight is 212 g/mol. The van der Waals surface area contributed by atoms with Gasteiger partial charge in [0.05, 0.1) is 0 Å². The van der Waals surface area contributed by atoms with Crippen molar-refractivity contribution in [1.29, 1.82) is 0 Å². The van der Waals surface area contributed by atoms with Gasteiger partial charge in [0.2, 0.25) is 0 Å². The van der Waals surface area contributed by atoms with Crippen LogP contribution in [0.3, 0.4) is 0 Å². The van der Waals surface area contributed by atoms with Gasteiger partial charge in [0.25, 0.3) is 0 Å². The Morgan fingerprint density at radius 1 is 1.20 bits per heavy atom. The molecule has 2 aliphatic rings. The van der Waals surface area contributed by atoms with E-state index in [1.54, 1.807) is 0 Å². The van der Waals surface area contributed by atoms with Crippen molar-refractivity contribution < 1.29 is 4.74 Å². The van der Waals surface area contributed by atoms with Crippen LogP contribution in [0, 0.1) is 5.92 Å². The van der Waals surface area contributed by atoms with Gasteiger partial charge in [-0.3, -0.25) is 4.90 Å². The maximum Gasteiger partial charge on any atom is 0.0480 e. The zero-order valence-corrected chi connectivity index (χ0v) is 10.0. The van der Waals surface area contributed by atoms with Crippen molar-refractivity contribution in [3.63, 3.8) is 0 Å². The quantitative estimate of drug-likeness (QED) is 0.755. The van der Waals surface area contributed by atoms with Gasteiger partial charge >= 0.3 is 0 Å². The van der Waals surface area contributed by atoms with Crippen LogP contribution in [0.5, 0.6) is 0 Å². The maximum atomic E-state index is 5.44. The van der Waals surface area contributed by atoms with Crippen molar-refractivity contribution >= 4 is 0 Å². The molecule has 3 heteroatoms. The van der Waals surface area contributed by atoms with Crippen LogP contribution in [0.15, 0.2) is 0 Å². The molecule has 15 heavy (non-hydrogen) atoms. The van der Waals surface area contributed by atoms with Gasteiger partial charge in [0.15, 0.2) is 0 Å². The third kappa shape index (κ3) is 2.92.